The summed E-state index contributed by atoms with van der Waals surface area (Å²) in [5.74, 6) is 0. The van der Waals surface area contributed by atoms with Gasteiger partial charge in [0.2, 0.25) is 0 Å². The minimum Gasteiger partial charge on any atom is -0.310 e. The molecule has 0 aliphatic rings. The van der Waals surface area contributed by atoms with E-state index in [0.717, 1.165) is 29.7 Å². The lowest BCUT2D eigenvalue weighted by Gasteiger charge is -2.17. The number of nitrogens with zero attached hydrogens (tertiary/aromatic N) is 4. The highest BCUT2D eigenvalue weighted by Crippen LogP contribution is 2.26. The van der Waals surface area contributed by atoms with Gasteiger partial charge in [0.25, 0.3) is 0 Å². The molecule has 1 unspecified atom stereocenters. The molecule has 2 rings (SSSR count). The van der Waals surface area contributed by atoms with Gasteiger partial charge in [-0.05, 0) is 36.3 Å². The SMILES string of the molecule is CCNC(Cc1c(Br)c(C)nn1CC)c1cnn(C)c1. The van der Waals surface area contributed by atoms with Crippen LogP contribution in [0.2, 0.25) is 0 Å². The quantitative estimate of drug-likeness (QED) is 0.879. The first-order chi connectivity index (χ1) is 9.56. The van der Waals surface area contributed by atoms with E-state index in [2.05, 4.69) is 56.2 Å². The molecule has 20 heavy (non-hydrogen) atoms. The lowest BCUT2D eigenvalue weighted by Crippen LogP contribution is -2.24. The molecule has 0 radical (unpaired) electrons. The minimum atomic E-state index is 0.256. The Hall–Kier alpha value is -1.14. The standard InChI is InChI=1S/C14H22BrN5/c1-5-16-12(11-8-17-19(4)9-11)7-13-14(15)10(3)18-20(13)6-2/h8-9,12,16H,5-7H2,1-4H3. The van der Waals surface area contributed by atoms with Crippen molar-refractivity contribution in [1.82, 2.24) is 24.9 Å². The van der Waals surface area contributed by atoms with Gasteiger partial charge in [-0.15, -0.1) is 0 Å². The highest BCUT2D eigenvalue weighted by atomic mass is 79.9. The van der Waals surface area contributed by atoms with Crippen LogP contribution in [0.5, 0.6) is 0 Å². The molecule has 0 saturated carbocycles. The number of rotatable bonds is 6. The zero-order valence-corrected chi connectivity index (χ0v) is 14.1. The van der Waals surface area contributed by atoms with E-state index in [4.69, 9.17) is 0 Å². The molecule has 6 heteroatoms. The van der Waals surface area contributed by atoms with Gasteiger partial charge >= 0.3 is 0 Å². The van der Waals surface area contributed by atoms with Gasteiger partial charge in [0.15, 0.2) is 0 Å². The summed E-state index contributed by atoms with van der Waals surface area (Å²) < 4.78 is 5.03. The van der Waals surface area contributed by atoms with E-state index in [1.807, 2.05) is 24.9 Å². The van der Waals surface area contributed by atoms with Gasteiger partial charge in [-0.1, -0.05) is 6.92 Å². The van der Waals surface area contributed by atoms with E-state index in [9.17, 15) is 0 Å². The normalized spacial score (nSPS) is 12.8. The second kappa shape index (κ2) is 6.54. The molecule has 2 heterocycles. The van der Waals surface area contributed by atoms with Gasteiger partial charge in [-0.2, -0.15) is 10.2 Å². The van der Waals surface area contributed by atoms with Crippen molar-refractivity contribution in [1.29, 1.82) is 0 Å². The number of hydrogen-bond acceptors (Lipinski definition) is 3. The van der Waals surface area contributed by atoms with Gasteiger partial charge in [0.1, 0.15) is 0 Å². The molecule has 0 aliphatic carbocycles. The van der Waals surface area contributed by atoms with Crippen LogP contribution in [0.1, 0.15) is 36.8 Å². The molecule has 0 aliphatic heterocycles. The summed E-state index contributed by atoms with van der Waals surface area (Å²) in [6.45, 7) is 8.09. The van der Waals surface area contributed by atoms with Crippen molar-refractivity contribution < 1.29 is 0 Å². The number of nitrogens with one attached hydrogen (secondary N) is 1. The molecule has 1 atom stereocenters. The monoisotopic (exact) mass is 339 g/mol. The summed E-state index contributed by atoms with van der Waals surface area (Å²) in [6.07, 6.45) is 4.90. The Balaban J connectivity index is 2.28. The third-order valence-corrected chi connectivity index (χ3v) is 4.46. The molecule has 0 aromatic carbocycles. The molecule has 110 valence electrons. The fraction of sp³-hybridized carbons (Fsp3) is 0.571. The van der Waals surface area contributed by atoms with Gasteiger partial charge in [0, 0.05) is 37.8 Å². The molecular formula is C14H22BrN5. The second-order valence-electron chi connectivity index (χ2n) is 4.92. The zero-order chi connectivity index (χ0) is 14.7. The van der Waals surface area contributed by atoms with E-state index < -0.39 is 0 Å². The van der Waals surface area contributed by atoms with Crippen molar-refractivity contribution in [2.45, 2.75) is 39.8 Å². The van der Waals surface area contributed by atoms with Crippen LogP contribution in [0.15, 0.2) is 16.9 Å². The van der Waals surface area contributed by atoms with Crippen molar-refractivity contribution >= 4 is 15.9 Å². The molecule has 5 nitrogen and oxygen atoms in total. The Morgan fingerprint density at radius 3 is 2.70 bits per heavy atom. The van der Waals surface area contributed by atoms with Gasteiger partial charge in [-0.25, -0.2) is 0 Å². The molecular weight excluding hydrogens is 318 g/mol. The van der Waals surface area contributed by atoms with Crippen LogP contribution >= 0.6 is 15.9 Å². The number of hydrogen-bond donors (Lipinski definition) is 1. The van der Waals surface area contributed by atoms with Crippen LogP contribution in [0.4, 0.5) is 0 Å². The minimum absolute atomic E-state index is 0.256. The lowest BCUT2D eigenvalue weighted by molar-refractivity contribution is 0.515. The molecule has 0 fully saturated rings. The predicted molar refractivity (Wildman–Crippen MR) is 83.7 cm³/mol. The molecule has 1 N–H and O–H groups in total. The first kappa shape index (κ1) is 15.3. The third-order valence-electron chi connectivity index (χ3n) is 3.43. The first-order valence-corrected chi connectivity index (χ1v) is 7.79. The summed E-state index contributed by atoms with van der Waals surface area (Å²) in [7, 11) is 1.95. The Bertz CT molecular complexity index is 572. The van der Waals surface area contributed by atoms with Crippen LogP contribution in [-0.2, 0) is 20.0 Å². The second-order valence-corrected chi connectivity index (χ2v) is 5.72. The van der Waals surface area contributed by atoms with Crippen molar-refractivity contribution in [2.75, 3.05) is 6.54 Å². The molecule has 2 aromatic heterocycles. The average Bonchev–Trinajstić information content (AvgIpc) is 2.96. The Morgan fingerprint density at radius 1 is 1.40 bits per heavy atom. The summed E-state index contributed by atoms with van der Waals surface area (Å²) in [6, 6.07) is 0.256. The van der Waals surface area contributed by atoms with Gasteiger partial charge < -0.3 is 5.32 Å². The Kier molecular flexibility index (Phi) is 4.99. The van der Waals surface area contributed by atoms with Crippen LogP contribution in [0.25, 0.3) is 0 Å². The topological polar surface area (TPSA) is 47.7 Å². The molecule has 2 aromatic rings. The molecule has 0 spiro atoms. The first-order valence-electron chi connectivity index (χ1n) is 7.00. The van der Waals surface area contributed by atoms with Crippen molar-refractivity contribution in [3.05, 3.63) is 33.8 Å². The molecule has 0 bridgehead atoms. The van der Waals surface area contributed by atoms with Crippen LogP contribution in [0.3, 0.4) is 0 Å². The molecule has 0 saturated heterocycles. The predicted octanol–water partition coefficient (Wildman–Crippen LogP) is 2.60. The van der Waals surface area contributed by atoms with Crippen LogP contribution < -0.4 is 5.32 Å². The maximum Gasteiger partial charge on any atom is 0.0738 e. The van der Waals surface area contributed by atoms with Gasteiger partial charge in [-0.3, -0.25) is 9.36 Å². The lowest BCUT2D eigenvalue weighted by atomic mass is 10.1. The maximum absolute atomic E-state index is 4.56. The van der Waals surface area contributed by atoms with Crippen LogP contribution in [-0.4, -0.2) is 26.1 Å². The smallest absolute Gasteiger partial charge is 0.0738 e. The van der Waals surface area contributed by atoms with Crippen LogP contribution in [0, 0.1) is 6.92 Å². The summed E-state index contributed by atoms with van der Waals surface area (Å²) in [4.78, 5) is 0. The van der Waals surface area contributed by atoms with Crippen molar-refractivity contribution in [3.8, 4) is 0 Å². The number of halogens is 1. The van der Waals surface area contributed by atoms with Gasteiger partial charge in [0.05, 0.1) is 22.1 Å². The summed E-state index contributed by atoms with van der Waals surface area (Å²) >= 11 is 3.67. The fourth-order valence-electron chi connectivity index (χ4n) is 2.43. The average molecular weight is 340 g/mol. The highest BCUT2D eigenvalue weighted by molar-refractivity contribution is 9.10. The number of aromatic nitrogens is 4. The summed E-state index contributed by atoms with van der Waals surface area (Å²) in [5, 5.41) is 12.4. The fourth-order valence-corrected chi connectivity index (χ4v) is 2.88. The zero-order valence-electron chi connectivity index (χ0n) is 12.5. The van der Waals surface area contributed by atoms with E-state index in [0.29, 0.717) is 0 Å². The van der Waals surface area contributed by atoms with Crippen molar-refractivity contribution in [3.63, 3.8) is 0 Å². The van der Waals surface area contributed by atoms with E-state index in [-0.39, 0.29) is 6.04 Å². The highest BCUT2D eigenvalue weighted by Gasteiger charge is 2.19. The third kappa shape index (κ3) is 3.12. The summed E-state index contributed by atoms with van der Waals surface area (Å²) in [5.41, 5.74) is 3.49. The Morgan fingerprint density at radius 2 is 2.15 bits per heavy atom. The number of aryl methyl sites for hydroxylation is 3. The Labute approximate surface area is 128 Å². The molecule has 0 amide bonds. The largest absolute Gasteiger partial charge is 0.310 e. The maximum atomic E-state index is 4.56. The van der Waals surface area contributed by atoms with E-state index in [1.54, 1.807) is 0 Å². The van der Waals surface area contributed by atoms with E-state index in [1.165, 1.54) is 11.3 Å². The van der Waals surface area contributed by atoms with E-state index >= 15 is 0 Å². The number of likely N-dealkylation sites (N-methyl/N-ethyl adjacent to an activating group) is 1. The van der Waals surface area contributed by atoms with Crippen molar-refractivity contribution in [2.24, 2.45) is 7.05 Å².